The lowest BCUT2D eigenvalue weighted by molar-refractivity contribution is -0.195. The first-order valence-electron chi connectivity index (χ1n) is 9.92. The topological polar surface area (TPSA) is 61.8 Å². The van der Waals surface area contributed by atoms with Gasteiger partial charge in [0.25, 0.3) is 0 Å². The van der Waals surface area contributed by atoms with Crippen LogP contribution >= 0.6 is 0 Å². The van der Waals surface area contributed by atoms with Gasteiger partial charge in [-0.3, -0.25) is 0 Å². The zero-order valence-electron chi connectivity index (χ0n) is 17.5. The monoisotopic (exact) mass is 418 g/mol. The summed E-state index contributed by atoms with van der Waals surface area (Å²) in [7, 11) is 1.36. The van der Waals surface area contributed by atoms with Gasteiger partial charge in [0.05, 0.1) is 18.4 Å². The molecule has 0 amide bonds. The molecule has 2 rings (SSSR count). The third-order valence-corrected chi connectivity index (χ3v) is 5.69. The minimum Gasteiger partial charge on any atom is -0.501 e. The van der Waals surface area contributed by atoms with Crippen LogP contribution in [-0.4, -0.2) is 31.3 Å². The van der Waals surface area contributed by atoms with Gasteiger partial charge in [-0.05, 0) is 36.5 Å². The van der Waals surface area contributed by atoms with E-state index in [0.29, 0.717) is 30.4 Å². The van der Waals surface area contributed by atoms with Crippen LogP contribution in [0.15, 0.2) is 23.2 Å². The highest BCUT2D eigenvalue weighted by molar-refractivity contribution is 5.91. The van der Waals surface area contributed by atoms with Crippen molar-refractivity contribution in [2.45, 2.75) is 65.7 Å². The van der Waals surface area contributed by atoms with Crippen molar-refractivity contribution in [3.8, 4) is 0 Å². The number of hydrogen-bond donors (Lipinski definition) is 0. The highest BCUT2D eigenvalue weighted by Crippen LogP contribution is 2.38. The number of carbonyl (C=O) groups is 2. The lowest BCUT2D eigenvalue weighted by Crippen LogP contribution is -2.37. The summed E-state index contributed by atoms with van der Waals surface area (Å²) >= 11 is 0. The largest absolute Gasteiger partial charge is 0.501 e. The SMILES string of the molecule is COC1=CC(OC(=O)C(F)(F)F)=C(C(=O)O[C@@H]2C[C@H](C)CC[C@H]2C(C)C)[C@@H](C)C1. The minimum absolute atomic E-state index is 0.0656. The molecule has 0 unspecified atom stereocenters. The van der Waals surface area contributed by atoms with Crippen molar-refractivity contribution in [1.29, 1.82) is 0 Å². The Hall–Kier alpha value is -1.99. The summed E-state index contributed by atoms with van der Waals surface area (Å²) in [6.07, 6.45) is -1.37. The summed E-state index contributed by atoms with van der Waals surface area (Å²) in [5.41, 5.74) is -0.0656. The van der Waals surface area contributed by atoms with E-state index in [4.69, 9.17) is 9.47 Å². The molecule has 0 spiro atoms. The molecule has 1 saturated carbocycles. The molecule has 0 N–H and O–H groups in total. The molecule has 2 aliphatic rings. The fourth-order valence-electron chi connectivity index (χ4n) is 4.07. The first-order valence-corrected chi connectivity index (χ1v) is 9.92. The maximum atomic E-state index is 13.0. The Morgan fingerprint density at radius 1 is 1.17 bits per heavy atom. The molecule has 0 aromatic rings. The molecule has 8 heteroatoms. The van der Waals surface area contributed by atoms with E-state index >= 15 is 0 Å². The molecule has 0 radical (unpaired) electrons. The van der Waals surface area contributed by atoms with Crippen molar-refractivity contribution in [2.24, 2.45) is 23.7 Å². The second kappa shape index (κ2) is 9.22. The van der Waals surface area contributed by atoms with Crippen LogP contribution in [0.2, 0.25) is 0 Å². The van der Waals surface area contributed by atoms with E-state index in [1.54, 1.807) is 6.92 Å². The molecular formula is C21H29F3O5. The van der Waals surface area contributed by atoms with Gasteiger partial charge in [0.1, 0.15) is 11.9 Å². The first-order chi connectivity index (χ1) is 13.4. The van der Waals surface area contributed by atoms with Gasteiger partial charge in [0.15, 0.2) is 0 Å². The second-order valence-electron chi connectivity index (χ2n) is 8.36. The predicted octanol–water partition coefficient (Wildman–Crippen LogP) is 4.92. The molecule has 0 heterocycles. The van der Waals surface area contributed by atoms with Crippen molar-refractivity contribution < 1.29 is 37.0 Å². The number of rotatable bonds is 5. The lowest BCUT2D eigenvalue weighted by atomic mass is 9.75. The number of esters is 2. The van der Waals surface area contributed by atoms with Crippen LogP contribution in [-0.2, 0) is 23.8 Å². The Morgan fingerprint density at radius 3 is 2.38 bits per heavy atom. The van der Waals surface area contributed by atoms with E-state index in [-0.39, 0.29) is 17.6 Å². The lowest BCUT2D eigenvalue weighted by Gasteiger charge is -2.37. The molecular weight excluding hydrogens is 389 g/mol. The van der Waals surface area contributed by atoms with E-state index in [9.17, 15) is 22.8 Å². The summed E-state index contributed by atoms with van der Waals surface area (Å²) in [6, 6.07) is 0. The normalized spacial score (nSPS) is 28.1. The quantitative estimate of drug-likeness (QED) is 0.593. The maximum Gasteiger partial charge on any atom is 0.491 e. The van der Waals surface area contributed by atoms with Crippen LogP contribution in [0.3, 0.4) is 0 Å². The Balaban J connectivity index is 2.33. The number of methoxy groups -OCH3 is 1. The molecule has 164 valence electrons. The Labute approximate surface area is 169 Å². The Kier molecular flexibility index (Phi) is 7.40. The smallest absolute Gasteiger partial charge is 0.491 e. The summed E-state index contributed by atoms with van der Waals surface area (Å²) < 4.78 is 53.5. The Morgan fingerprint density at radius 2 is 1.83 bits per heavy atom. The van der Waals surface area contributed by atoms with Gasteiger partial charge in [-0.15, -0.1) is 0 Å². The highest BCUT2D eigenvalue weighted by Gasteiger charge is 2.43. The summed E-state index contributed by atoms with van der Waals surface area (Å²) in [5.74, 6) is -2.90. The van der Waals surface area contributed by atoms with Crippen molar-refractivity contribution in [1.82, 2.24) is 0 Å². The molecule has 1 fully saturated rings. The molecule has 2 aliphatic carbocycles. The fourth-order valence-corrected chi connectivity index (χ4v) is 4.07. The van der Waals surface area contributed by atoms with E-state index in [1.165, 1.54) is 7.11 Å². The molecule has 0 bridgehead atoms. The van der Waals surface area contributed by atoms with Gasteiger partial charge in [-0.1, -0.05) is 34.1 Å². The average molecular weight is 418 g/mol. The Bertz CT molecular complexity index is 693. The van der Waals surface area contributed by atoms with Crippen LogP contribution in [0.1, 0.15) is 53.4 Å². The summed E-state index contributed by atoms with van der Waals surface area (Å²) in [4.78, 5) is 24.3. The van der Waals surface area contributed by atoms with Gasteiger partial charge in [-0.25, -0.2) is 9.59 Å². The fraction of sp³-hybridized carbons (Fsp3) is 0.714. The zero-order valence-corrected chi connectivity index (χ0v) is 17.5. The molecule has 5 nitrogen and oxygen atoms in total. The summed E-state index contributed by atoms with van der Waals surface area (Å²) in [5, 5.41) is 0. The number of halogens is 3. The van der Waals surface area contributed by atoms with E-state index in [0.717, 1.165) is 18.9 Å². The van der Waals surface area contributed by atoms with Crippen molar-refractivity contribution in [2.75, 3.05) is 7.11 Å². The molecule has 0 aromatic heterocycles. The predicted molar refractivity (Wildman–Crippen MR) is 99.3 cm³/mol. The molecule has 0 aliphatic heterocycles. The molecule has 0 aromatic carbocycles. The number of ether oxygens (including phenoxy) is 3. The van der Waals surface area contributed by atoms with Gasteiger partial charge >= 0.3 is 18.1 Å². The van der Waals surface area contributed by atoms with Crippen molar-refractivity contribution in [3.63, 3.8) is 0 Å². The van der Waals surface area contributed by atoms with E-state index in [2.05, 4.69) is 25.5 Å². The maximum absolute atomic E-state index is 13.0. The van der Waals surface area contributed by atoms with Gasteiger partial charge in [-0.2, -0.15) is 13.2 Å². The van der Waals surface area contributed by atoms with Crippen LogP contribution in [0, 0.1) is 23.7 Å². The molecule has 29 heavy (non-hydrogen) atoms. The van der Waals surface area contributed by atoms with Crippen molar-refractivity contribution in [3.05, 3.63) is 23.2 Å². The molecule has 0 saturated heterocycles. The van der Waals surface area contributed by atoms with E-state index in [1.807, 2.05) is 0 Å². The van der Waals surface area contributed by atoms with Crippen LogP contribution in [0.4, 0.5) is 13.2 Å². The van der Waals surface area contributed by atoms with Crippen molar-refractivity contribution >= 4 is 11.9 Å². The number of alkyl halides is 3. The molecule has 4 atom stereocenters. The van der Waals surface area contributed by atoms with Gasteiger partial charge in [0.2, 0.25) is 0 Å². The standard InChI is InChI=1S/C21H29F3O5/c1-11(2)15-7-6-12(3)8-16(15)28-19(25)18-13(4)9-14(27-5)10-17(18)29-20(26)21(22,23)24/h10-13,15-16H,6-9H2,1-5H3/t12-,13+,15+,16-/m1/s1. The number of hydrogen-bond acceptors (Lipinski definition) is 5. The minimum atomic E-state index is -5.18. The average Bonchev–Trinajstić information content (AvgIpc) is 2.60. The van der Waals surface area contributed by atoms with Crippen LogP contribution < -0.4 is 0 Å². The highest BCUT2D eigenvalue weighted by atomic mass is 19.4. The van der Waals surface area contributed by atoms with E-state index < -0.39 is 29.8 Å². The third-order valence-electron chi connectivity index (χ3n) is 5.69. The number of allylic oxidation sites excluding steroid dienone is 2. The first kappa shape index (κ1) is 23.3. The summed E-state index contributed by atoms with van der Waals surface area (Å²) in [6.45, 7) is 7.87. The third kappa shape index (κ3) is 5.76. The second-order valence-corrected chi connectivity index (χ2v) is 8.36. The van der Waals surface area contributed by atoms with Gasteiger partial charge < -0.3 is 14.2 Å². The van der Waals surface area contributed by atoms with Crippen LogP contribution in [0.5, 0.6) is 0 Å². The van der Waals surface area contributed by atoms with Crippen LogP contribution in [0.25, 0.3) is 0 Å². The van der Waals surface area contributed by atoms with Gasteiger partial charge in [0, 0.05) is 12.5 Å². The zero-order chi connectivity index (χ0) is 21.9. The number of carbonyl (C=O) groups excluding carboxylic acids is 2.